The molecule has 0 saturated carbocycles. The lowest BCUT2D eigenvalue weighted by Gasteiger charge is -2.36. The van der Waals surface area contributed by atoms with E-state index in [1.807, 2.05) is 75.1 Å². The SMILES string of the molecule is CC.CC.N=C(N)N1CCN(C2=Nc3ccccc3Oc3ccc(Cl)cc32)CC1. The number of fused-ring (bicyclic) bond motifs is 2. The Labute approximate surface area is 178 Å². The summed E-state index contributed by atoms with van der Waals surface area (Å²) in [6, 6.07) is 13.3. The normalized spacial score (nSPS) is 14.4. The van der Waals surface area contributed by atoms with Crippen LogP contribution in [0.25, 0.3) is 0 Å². The van der Waals surface area contributed by atoms with Crippen LogP contribution in [-0.4, -0.2) is 47.8 Å². The van der Waals surface area contributed by atoms with E-state index in [9.17, 15) is 0 Å². The molecule has 29 heavy (non-hydrogen) atoms. The molecule has 0 radical (unpaired) electrons. The second-order valence-electron chi connectivity index (χ2n) is 6.01. The van der Waals surface area contributed by atoms with Gasteiger partial charge in [0, 0.05) is 31.2 Å². The van der Waals surface area contributed by atoms with Crippen LogP contribution in [0.1, 0.15) is 33.3 Å². The number of hydrogen-bond donors (Lipinski definition) is 2. The van der Waals surface area contributed by atoms with Crippen LogP contribution in [0.2, 0.25) is 5.02 Å². The van der Waals surface area contributed by atoms with E-state index in [1.165, 1.54) is 0 Å². The van der Waals surface area contributed by atoms with Crippen LogP contribution >= 0.6 is 11.6 Å². The van der Waals surface area contributed by atoms with E-state index in [2.05, 4.69) is 4.90 Å². The van der Waals surface area contributed by atoms with Gasteiger partial charge in [-0.15, -0.1) is 0 Å². The van der Waals surface area contributed by atoms with Gasteiger partial charge in [0.05, 0.1) is 5.56 Å². The minimum absolute atomic E-state index is 0.111. The summed E-state index contributed by atoms with van der Waals surface area (Å²) in [5.41, 5.74) is 7.26. The summed E-state index contributed by atoms with van der Waals surface area (Å²) in [6.07, 6.45) is 0. The molecule has 156 valence electrons. The smallest absolute Gasteiger partial charge is 0.188 e. The van der Waals surface area contributed by atoms with Crippen LogP contribution in [0.15, 0.2) is 47.5 Å². The summed E-state index contributed by atoms with van der Waals surface area (Å²) < 4.78 is 6.07. The minimum atomic E-state index is 0.111. The number of nitrogens with zero attached hydrogens (tertiary/aromatic N) is 3. The number of hydrogen-bond acceptors (Lipinski definition) is 4. The molecule has 0 bridgehead atoms. The van der Waals surface area contributed by atoms with Crippen LogP contribution < -0.4 is 10.5 Å². The van der Waals surface area contributed by atoms with Gasteiger partial charge in [0.25, 0.3) is 0 Å². The van der Waals surface area contributed by atoms with Crippen molar-refractivity contribution in [1.29, 1.82) is 5.41 Å². The molecule has 6 nitrogen and oxygen atoms in total. The Hall–Kier alpha value is -2.73. The lowest BCUT2D eigenvalue weighted by atomic mass is 10.1. The zero-order valence-electron chi connectivity index (χ0n) is 17.6. The number of amidine groups is 1. The molecule has 2 aromatic carbocycles. The monoisotopic (exact) mass is 415 g/mol. The number of halogens is 1. The second kappa shape index (κ2) is 10.7. The number of para-hydroxylation sites is 2. The molecule has 0 spiro atoms. The van der Waals surface area contributed by atoms with Gasteiger partial charge in [0.15, 0.2) is 11.7 Å². The molecule has 2 aliphatic heterocycles. The first kappa shape index (κ1) is 22.6. The largest absolute Gasteiger partial charge is 0.454 e. The summed E-state index contributed by atoms with van der Waals surface area (Å²) in [7, 11) is 0. The van der Waals surface area contributed by atoms with E-state index >= 15 is 0 Å². The summed E-state index contributed by atoms with van der Waals surface area (Å²) >= 11 is 6.23. The predicted molar refractivity (Wildman–Crippen MR) is 122 cm³/mol. The molecule has 1 saturated heterocycles. The van der Waals surface area contributed by atoms with Crippen LogP contribution in [-0.2, 0) is 0 Å². The lowest BCUT2D eigenvalue weighted by Crippen LogP contribution is -2.52. The highest BCUT2D eigenvalue weighted by Crippen LogP contribution is 2.38. The van der Waals surface area contributed by atoms with Gasteiger partial charge in [-0.1, -0.05) is 51.4 Å². The van der Waals surface area contributed by atoms with Gasteiger partial charge in [-0.05, 0) is 30.3 Å². The fraction of sp³-hybridized carbons (Fsp3) is 0.364. The van der Waals surface area contributed by atoms with Crippen LogP contribution in [0, 0.1) is 5.41 Å². The number of nitrogens with two attached hydrogens (primary N) is 1. The van der Waals surface area contributed by atoms with Gasteiger partial charge in [-0.2, -0.15) is 0 Å². The van der Waals surface area contributed by atoms with E-state index in [0.29, 0.717) is 18.1 Å². The number of guanidine groups is 1. The fourth-order valence-corrected chi connectivity index (χ4v) is 3.27. The van der Waals surface area contributed by atoms with Crippen molar-refractivity contribution in [1.82, 2.24) is 9.80 Å². The summed E-state index contributed by atoms with van der Waals surface area (Å²) in [4.78, 5) is 8.92. The predicted octanol–water partition coefficient (Wildman–Crippen LogP) is 5.09. The van der Waals surface area contributed by atoms with Crippen LogP contribution in [0.3, 0.4) is 0 Å². The molecule has 2 aromatic rings. The van der Waals surface area contributed by atoms with Gasteiger partial charge in [0.1, 0.15) is 17.3 Å². The maximum Gasteiger partial charge on any atom is 0.188 e. The minimum Gasteiger partial charge on any atom is -0.454 e. The molecule has 0 aromatic heterocycles. The zero-order chi connectivity index (χ0) is 21.4. The van der Waals surface area contributed by atoms with Crippen molar-refractivity contribution < 1.29 is 4.74 Å². The molecule has 0 atom stereocenters. The van der Waals surface area contributed by atoms with Gasteiger partial charge in [0.2, 0.25) is 0 Å². The van der Waals surface area contributed by atoms with Gasteiger partial charge >= 0.3 is 0 Å². The molecule has 0 amide bonds. The molecular formula is C22H30ClN5O. The van der Waals surface area contributed by atoms with Crippen molar-refractivity contribution in [2.45, 2.75) is 27.7 Å². The Kier molecular flexibility index (Phi) is 8.34. The molecule has 0 aliphatic carbocycles. The highest BCUT2D eigenvalue weighted by Gasteiger charge is 2.26. The average molecular weight is 416 g/mol. The van der Waals surface area contributed by atoms with Gasteiger partial charge < -0.3 is 20.3 Å². The third-order valence-electron chi connectivity index (χ3n) is 4.41. The first-order valence-corrected chi connectivity index (χ1v) is 10.5. The molecule has 2 aliphatic rings. The zero-order valence-corrected chi connectivity index (χ0v) is 18.3. The standard InChI is InChI=1S/C18H18ClN5O.2C2H6/c19-12-5-6-15-13(11-12)17(22-14-3-1-2-4-16(14)25-15)23-7-9-24(10-8-23)18(20)21;2*1-2/h1-6,11H,7-10H2,(H3,20,21);2*1-2H3. The van der Waals surface area contributed by atoms with Crippen molar-refractivity contribution in [3.05, 3.63) is 53.1 Å². The maximum absolute atomic E-state index is 7.59. The Morgan fingerprint density at radius 2 is 1.66 bits per heavy atom. The van der Waals surface area contributed by atoms with Crippen molar-refractivity contribution in [2.24, 2.45) is 10.7 Å². The third-order valence-corrected chi connectivity index (χ3v) is 4.65. The molecule has 4 rings (SSSR count). The quantitative estimate of drug-likeness (QED) is 0.464. The van der Waals surface area contributed by atoms with Crippen molar-refractivity contribution in [2.75, 3.05) is 26.2 Å². The van der Waals surface area contributed by atoms with E-state index in [0.717, 1.165) is 41.7 Å². The number of aliphatic imine (C=N–C) groups is 1. The molecular weight excluding hydrogens is 386 g/mol. The van der Waals surface area contributed by atoms with Gasteiger partial charge in [-0.25, -0.2) is 4.99 Å². The van der Waals surface area contributed by atoms with Gasteiger partial charge in [-0.3, -0.25) is 5.41 Å². The van der Waals surface area contributed by atoms with Crippen LogP contribution in [0.4, 0.5) is 5.69 Å². The number of rotatable bonds is 0. The van der Waals surface area contributed by atoms with Crippen LogP contribution in [0.5, 0.6) is 11.5 Å². The van der Waals surface area contributed by atoms with E-state index in [4.69, 9.17) is 32.5 Å². The molecule has 2 heterocycles. The number of piperazine rings is 1. The first-order valence-electron chi connectivity index (χ1n) is 10.1. The number of nitrogens with one attached hydrogen (secondary N) is 1. The number of benzene rings is 2. The number of ether oxygens (including phenoxy) is 1. The third kappa shape index (κ3) is 5.21. The lowest BCUT2D eigenvalue weighted by molar-refractivity contribution is 0.256. The topological polar surface area (TPSA) is 77.9 Å². The molecule has 1 fully saturated rings. The van der Waals surface area contributed by atoms with Crippen molar-refractivity contribution >= 4 is 29.1 Å². The highest BCUT2D eigenvalue weighted by molar-refractivity contribution is 6.31. The summed E-state index contributed by atoms with van der Waals surface area (Å²) in [5, 5.41) is 8.24. The highest BCUT2D eigenvalue weighted by atomic mass is 35.5. The van der Waals surface area contributed by atoms with Crippen molar-refractivity contribution in [3.63, 3.8) is 0 Å². The summed E-state index contributed by atoms with van der Waals surface area (Å²) in [6.45, 7) is 10.8. The Bertz CT molecular complexity index is 860. The first-order chi connectivity index (χ1) is 14.1. The summed E-state index contributed by atoms with van der Waals surface area (Å²) in [5.74, 6) is 2.41. The molecule has 7 heteroatoms. The Morgan fingerprint density at radius 1 is 1.00 bits per heavy atom. The van der Waals surface area contributed by atoms with E-state index in [1.54, 1.807) is 0 Å². The van der Waals surface area contributed by atoms with Crippen molar-refractivity contribution in [3.8, 4) is 11.5 Å². The second-order valence-corrected chi connectivity index (χ2v) is 6.44. The Balaban J connectivity index is 0.000000707. The van der Waals surface area contributed by atoms with E-state index in [-0.39, 0.29) is 5.96 Å². The molecule has 0 unspecified atom stereocenters. The maximum atomic E-state index is 7.59. The molecule has 3 N–H and O–H groups in total. The average Bonchev–Trinajstić information content (AvgIpc) is 2.93. The fourth-order valence-electron chi connectivity index (χ4n) is 3.09. The Morgan fingerprint density at radius 3 is 2.31 bits per heavy atom. The van der Waals surface area contributed by atoms with E-state index < -0.39 is 0 Å².